The van der Waals surface area contributed by atoms with E-state index in [0.29, 0.717) is 6.04 Å². The topological polar surface area (TPSA) is 29.9 Å². The third-order valence-corrected chi connectivity index (χ3v) is 3.27. The van der Waals surface area contributed by atoms with Crippen molar-refractivity contribution >= 4 is 0 Å². The zero-order valence-electron chi connectivity index (χ0n) is 11.0. The third kappa shape index (κ3) is 3.63. The van der Waals surface area contributed by atoms with E-state index in [1.807, 2.05) is 17.9 Å². The van der Waals surface area contributed by atoms with Crippen molar-refractivity contribution in [2.24, 2.45) is 13.0 Å². The Morgan fingerprint density at radius 2 is 2.00 bits per heavy atom. The van der Waals surface area contributed by atoms with Crippen LogP contribution in [0.15, 0.2) is 12.3 Å². The fourth-order valence-corrected chi connectivity index (χ4v) is 2.13. The van der Waals surface area contributed by atoms with Gasteiger partial charge in [-0.3, -0.25) is 4.68 Å². The van der Waals surface area contributed by atoms with Crippen LogP contribution < -0.4 is 5.32 Å². The molecule has 1 heterocycles. The molecule has 3 nitrogen and oxygen atoms in total. The highest BCUT2D eigenvalue weighted by atomic mass is 15.3. The van der Waals surface area contributed by atoms with Crippen LogP contribution >= 0.6 is 0 Å². The van der Waals surface area contributed by atoms with E-state index >= 15 is 0 Å². The minimum atomic E-state index is 0.413. The molecule has 0 aliphatic carbocycles. The Bertz CT molecular complexity index is 289. The summed E-state index contributed by atoms with van der Waals surface area (Å²) < 4.78 is 1.88. The number of aromatic nitrogens is 2. The predicted octanol–water partition coefficient (Wildman–Crippen LogP) is 2.90. The minimum absolute atomic E-state index is 0.413. The molecule has 0 saturated heterocycles. The lowest BCUT2D eigenvalue weighted by atomic mass is 9.93. The van der Waals surface area contributed by atoms with Gasteiger partial charge in [-0.05, 0) is 24.9 Å². The molecule has 0 aliphatic heterocycles. The van der Waals surface area contributed by atoms with Crippen molar-refractivity contribution in [3.63, 3.8) is 0 Å². The highest BCUT2D eigenvalue weighted by molar-refractivity contribution is 5.05. The van der Waals surface area contributed by atoms with Gasteiger partial charge in [0.25, 0.3) is 0 Å². The van der Waals surface area contributed by atoms with Gasteiger partial charge in [0.1, 0.15) is 0 Å². The summed E-state index contributed by atoms with van der Waals surface area (Å²) in [6.07, 6.45) is 5.72. The summed E-state index contributed by atoms with van der Waals surface area (Å²) in [6, 6.07) is 2.53. The fraction of sp³-hybridized carbons (Fsp3) is 0.769. The molecule has 1 N–H and O–H groups in total. The maximum absolute atomic E-state index is 4.51. The van der Waals surface area contributed by atoms with Gasteiger partial charge in [-0.15, -0.1) is 0 Å². The van der Waals surface area contributed by atoms with Crippen molar-refractivity contribution in [1.29, 1.82) is 0 Å². The van der Waals surface area contributed by atoms with Crippen LogP contribution in [-0.2, 0) is 7.05 Å². The van der Waals surface area contributed by atoms with Crippen molar-refractivity contribution < 1.29 is 0 Å². The normalized spacial score (nSPS) is 13.3. The number of nitrogens with zero attached hydrogens (tertiary/aromatic N) is 2. The lowest BCUT2D eigenvalue weighted by molar-refractivity contribution is 0.369. The van der Waals surface area contributed by atoms with Crippen molar-refractivity contribution in [3.05, 3.63) is 18.0 Å². The van der Waals surface area contributed by atoms with Gasteiger partial charge in [-0.1, -0.05) is 33.6 Å². The van der Waals surface area contributed by atoms with Gasteiger partial charge < -0.3 is 5.32 Å². The molecule has 0 aromatic carbocycles. The molecule has 1 rings (SSSR count). The van der Waals surface area contributed by atoms with Crippen molar-refractivity contribution in [1.82, 2.24) is 15.1 Å². The quantitative estimate of drug-likeness (QED) is 0.770. The van der Waals surface area contributed by atoms with Crippen LogP contribution in [0.25, 0.3) is 0 Å². The summed E-state index contributed by atoms with van der Waals surface area (Å²) >= 11 is 0. The van der Waals surface area contributed by atoms with Gasteiger partial charge in [-0.2, -0.15) is 5.10 Å². The SMILES string of the molecule is CCNC(CC(CC)CC)c1ccn(C)n1. The molecule has 0 saturated carbocycles. The van der Waals surface area contributed by atoms with Crippen molar-refractivity contribution in [3.8, 4) is 0 Å². The maximum Gasteiger partial charge on any atom is 0.0793 e. The summed E-state index contributed by atoms with van der Waals surface area (Å²) in [5, 5.41) is 8.04. The van der Waals surface area contributed by atoms with Crippen LogP contribution in [-0.4, -0.2) is 16.3 Å². The molecule has 1 atom stereocenters. The molecule has 92 valence electrons. The van der Waals surface area contributed by atoms with E-state index in [-0.39, 0.29) is 0 Å². The van der Waals surface area contributed by atoms with E-state index in [2.05, 4.69) is 37.3 Å². The summed E-state index contributed by atoms with van der Waals surface area (Å²) in [4.78, 5) is 0. The second kappa shape index (κ2) is 6.69. The van der Waals surface area contributed by atoms with Gasteiger partial charge in [0.05, 0.1) is 11.7 Å². The van der Waals surface area contributed by atoms with Gasteiger partial charge in [0.2, 0.25) is 0 Å². The first-order chi connectivity index (χ1) is 7.71. The first-order valence-corrected chi connectivity index (χ1v) is 6.44. The molecule has 1 aromatic heterocycles. The Balaban J connectivity index is 2.66. The second-order valence-electron chi connectivity index (χ2n) is 4.44. The van der Waals surface area contributed by atoms with Crippen molar-refractivity contribution in [2.45, 2.75) is 46.1 Å². The number of aryl methyl sites for hydroxylation is 1. The Labute approximate surface area is 99.2 Å². The van der Waals surface area contributed by atoms with E-state index in [1.165, 1.54) is 25.0 Å². The fourth-order valence-electron chi connectivity index (χ4n) is 2.13. The average molecular weight is 223 g/mol. The van der Waals surface area contributed by atoms with E-state index < -0.39 is 0 Å². The van der Waals surface area contributed by atoms with Crippen LogP contribution in [0.1, 0.15) is 51.8 Å². The number of hydrogen-bond acceptors (Lipinski definition) is 2. The Morgan fingerprint density at radius 1 is 1.31 bits per heavy atom. The largest absolute Gasteiger partial charge is 0.309 e. The zero-order chi connectivity index (χ0) is 12.0. The highest BCUT2D eigenvalue weighted by Gasteiger charge is 2.17. The zero-order valence-corrected chi connectivity index (χ0v) is 11.0. The summed E-state index contributed by atoms with van der Waals surface area (Å²) in [5.41, 5.74) is 1.18. The summed E-state index contributed by atoms with van der Waals surface area (Å²) in [6.45, 7) is 7.70. The molecule has 0 aliphatic rings. The molecule has 1 aromatic rings. The van der Waals surface area contributed by atoms with Crippen LogP contribution in [0.4, 0.5) is 0 Å². The van der Waals surface area contributed by atoms with Gasteiger partial charge >= 0.3 is 0 Å². The molecule has 0 spiro atoms. The standard InChI is InChI=1S/C13H25N3/c1-5-11(6-2)10-13(14-7-3)12-8-9-16(4)15-12/h8-9,11,13-14H,5-7,10H2,1-4H3. The molecule has 1 unspecified atom stereocenters. The Morgan fingerprint density at radius 3 is 2.44 bits per heavy atom. The molecule has 0 fully saturated rings. The van der Waals surface area contributed by atoms with Gasteiger partial charge in [0.15, 0.2) is 0 Å². The Hall–Kier alpha value is -0.830. The van der Waals surface area contributed by atoms with Crippen molar-refractivity contribution in [2.75, 3.05) is 6.54 Å². The lowest BCUT2D eigenvalue weighted by Gasteiger charge is -2.21. The molecule has 0 amide bonds. The predicted molar refractivity (Wildman–Crippen MR) is 68.3 cm³/mol. The summed E-state index contributed by atoms with van der Waals surface area (Å²) in [5.74, 6) is 0.797. The van der Waals surface area contributed by atoms with E-state index in [4.69, 9.17) is 0 Å². The number of nitrogens with one attached hydrogen (secondary N) is 1. The van der Waals surface area contributed by atoms with Gasteiger partial charge in [0, 0.05) is 13.2 Å². The van der Waals surface area contributed by atoms with Crippen LogP contribution in [0.2, 0.25) is 0 Å². The molecule has 3 heteroatoms. The minimum Gasteiger partial charge on any atom is -0.309 e. The first kappa shape index (κ1) is 13.2. The lowest BCUT2D eigenvalue weighted by Crippen LogP contribution is -2.24. The second-order valence-corrected chi connectivity index (χ2v) is 4.44. The maximum atomic E-state index is 4.51. The van der Waals surface area contributed by atoms with Crippen LogP contribution in [0, 0.1) is 5.92 Å². The Kier molecular flexibility index (Phi) is 5.53. The van der Waals surface area contributed by atoms with Crippen LogP contribution in [0.3, 0.4) is 0 Å². The summed E-state index contributed by atoms with van der Waals surface area (Å²) in [7, 11) is 1.98. The monoisotopic (exact) mass is 223 g/mol. The highest BCUT2D eigenvalue weighted by Crippen LogP contribution is 2.23. The van der Waals surface area contributed by atoms with Gasteiger partial charge in [-0.25, -0.2) is 0 Å². The van der Waals surface area contributed by atoms with E-state index in [1.54, 1.807) is 0 Å². The molecular weight excluding hydrogens is 198 g/mol. The van der Waals surface area contributed by atoms with E-state index in [0.717, 1.165) is 12.5 Å². The van der Waals surface area contributed by atoms with E-state index in [9.17, 15) is 0 Å². The van der Waals surface area contributed by atoms with Crippen LogP contribution in [0.5, 0.6) is 0 Å². The molecule has 16 heavy (non-hydrogen) atoms. The smallest absolute Gasteiger partial charge is 0.0793 e. The molecule has 0 radical (unpaired) electrons. The first-order valence-electron chi connectivity index (χ1n) is 6.44. The molecule has 0 bridgehead atoms. The average Bonchev–Trinajstić information content (AvgIpc) is 2.71. The third-order valence-electron chi connectivity index (χ3n) is 3.27. The number of rotatable bonds is 7. The number of hydrogen-bond donors (Lipinski definition) is 1. The molecular formula is C13H25N3.